The highest BCUT2D eigenvalue weighted by Crippen LogP contribution is 2.35. The van der Waals surface area contributed by atoms with Gasteiger partial charge in [-0.15, -0.1) is 0 Å². The van der Waals surface area contributed by atoms with Gasteiger partial charge in [-0.3, -0.25) is 9.98 Å². The van der Waals surface area contributed by atoms with Crippen LogP contribution in [0.25, 0.3) is 11.1 Å². The van der Waals surface area contributed by atoms with Crippen molar-refractivity contribution in [1.29, 1.82) is 0 Å². The number of rotatable bonds is 3. The third-order valence-corrected chi connectivity index (χ3v) is 5.27. The Morgan fingerprint density at radius 2 is 1.52 bits per heavy atom. The van der Waals surface area contributed by atoms with Crippen molar-refractivity contribution >= 4 is 5.84 Å². The van der Waals surface area contributed by atoms with Crippen molar-refractivity contribution < 1.29 is 0 Å². The summed E-state index contributed by atoms with van der Waals surface area (Å²) in [6, 6.07) is 11.1. The minimum absolute atomic E-state index is 0.344. The summed E-state index contributed by atoms with van der Waals surface area (Å²) in [5.74, 6) is 1.02. The molecule has 1 aromatic heterocycles. The maximum absolute atomic E-state index is 6.20. The fraction of sp³-hybridized carbons (Fsp3) is 0.520. The molecule has 1 aromatic carbocycles. The Morgan fingerprint density at radius 3 is 2.03 bits per heavy atom. The van der Waals surface area contributed by atoms with Gasteiger partial charge in [-0.2, -0.15) is 0 Å². The molecule has 1 fully saturated rings. The third kappa shape index (κ3) is 6.40. The molecule has 1 aliphatic carbocycles. The monoisotopic (exact) mass is 396 g/mol. The van der Waals surface area contributed by atoms with E-state index in [2.05, 4.69) is 42.2 Å². The number of nitrogens with zero attached hydrogens (tertiary/aromatic N) is 2. The van der Waals surface area contributed by atoms with Crippen molar-refractivity contribution in [3.63, 3.8) is 0 Å². The first-order valence-electron chi connectivity index (χ1n) is 11.1. The van der Waals surface area contributed by atoms with Crippen LogP contribution in [0, 0.1) is 13.8 Å². The van der Waals surface area contributed by atoms with Crippen LogP contribution in [0.1, 0.15) is 81.8 Å². The first kappa shape index (κ1) is 24.8. The second-order valence-electron chi connectivity index (χ2n) is 7.14. The molecule has 1 saturated carbocycles. The summed E-state index contributed by atoms with van der Waals surface area (Å²) in [6.07, 6.45) is 4.37. The number of amidine groups is 1. The number of hydrogen-bond acceptors (Lipinski definition) is 3. The highest BCUT2D eigenvalue weighted by Gasteiger charge is 2.23. The molecule has 0 amide bonds. The molecule has 4 heteroatoms. The van der Waals surface area contributed by atoms with Crippen LogP contribution in [0.15, 0.2) is 35.3 Å². The lowest BCUT2D eigenvalue weighted by Crippen LogP contribution is -2.26. The van der Waals surface area contributed by atoms with Gasteiger partial charge in [0.1, 0.15) is 5.84 Å². The second kappa shape index (κ2) is 12.4. The van der Waals surface area contributed by atoms with E-state index in [1.165, 1.54) is 5.56 Å². The summed E-state index contributed by atoms with van der Waals surface area (Å²) in [5.41, 5.74) is 18.9. The van der Waals surface area contributed by atoms with Gasteiger partial charge in [-0.05, 0) is 56.7 Å². The predicted octanol–water partition coefficient (Wildman–Crippen LogP) is 5.74. The Morgan fingerprint density at radius 1 is 0.966 bits per heavy atom. The van der Waals surface area contributed by atoms with Crippen LogP contribution in [0.5, 0.6) is 0 Å². The van der Waals surface area contributed by atoms with E-state index in [4.69, 9.17) is 16.5 Å². The molecule has 1 aliphatic rings. The number of aryl methyl sites for hydroxylation is 2. The molecule has 3 rings (SSSR count). The highest BCUT2D eigenvalue weighted by atomic mass is 14.8. The average molecular weight is 397 g/mol. The van der Waals surface area contributed by atoms with Crippen LogP contribution in [0.3, 0.4) is 0 Å². The zero-order valence-electron chi connectivity index (χ0n) is 19.4. The summed E-state index contributed by atoms with van der Waals surface area (Å²) in [4.78, 5) is 9.11. The summed E-state index contributed by atoms with van der Waals surface area (Å²) >= 11 is 0. The van der Waals surface area contributed by atoms with Crippen LogP contribution >= 0.6 is 0 Å². The molecule has 0 atom stereocenters. The molecule has 2 aromatic rings. The molecule has 0 aliphatic heterocycles. The number of pyridine rings is 1. The van der Waals surface area contributed by atoms with E-state index in [9.17, 15) is 0 Å². The van der Waals surface area contributed by atoms with Gasteiger partial charge in [-0.25, -0.2) is 0 Å². The molecule has 160 valence electrons. The maximum atomic E-state index is 6.20. The number of benzene rings is 1. The lowest BCUT2D eigenvalue weighted by Gasteiger charge is -2.27. The SMILES string of the molecule is CC.CC.CN=C(N)c1c(-c2ccc(C)cc2)cc(C2CCC(N)CC2)nc1C. The van der Waals surface area contributed by atoms with Crippen molar-refractivity contribution in [3.8, 4) is 11.1 Å². The minimum Gasteiger partial charge on any atom is -0.383 e. The molecule has 29 heavy (non-hydrogen) atoms. The van der Waals surface area contributed by atoms with Gasteiger partial charge < -0.3 is 11.5 Å². The number of nitrogens with two attached hydrogens (primary N) is 2. The summed E-state index contributed by atoms with van der Waals surface area (Å²) in [6.45, 7) is 12.1. The van der Waals surface area contributed by atoms with Crippen LogP contribution in [-0.4, -0.2) is 23.9 Å². The van der Waals surface area contributed by atoms with Crippen LogP contribution in [0.2, 0.25) is 0 Å². The van der Waals surface area contributed by atoms with E-state index in [0.717, 1.165) is 53.8 Å². The van der Waals surface area contributed by atoms with Gasteiger partial charge in [0.15, 0.2) is 0 Å². The quantitative estimate of drug-likeness (QED) is 0.513. The first-order valence-corrected chi connectivity index (χ1v) is 11.1. The topological polar surface area (TPSA) is 77.3 Å². The molecule has 0 unspecified atom stereocenters. The van der Waals surface area contributed by atoms with Gasteiger partial charge in [0.2, 0.25) is 0 Å². The Labute approximate surface area is 177 Å². The van der Waals surface area contributed by atoms with Crippen LogP contribution in [-0.2, 0) is 0 Å². The molecule has 4 N–H and O–H groups in total. The summed E-state index contributed by atoms with van der Waals surface area (Å²) < 4.78 is 0. The van der Waals surface area contributed by atoms with E-state index >= 15 is 0 Å². The summed E-state index contributed by atoms with van der Waals surface area (Å²) in [7, 11) is 1.73. The van der Waals surface area contributed by atoms with Crippen molar-refractivity contribution in [2.24, 2.45) is 16.5 Å². The van der Waals surface area contributed by atoms with Gasteiger partial charge in [0.25, 0.3) is 0 Å². The fourth-order valence-corrected chi connectivity index (χ4v) is 3.72. The first-order chi connectivity index (χ1) is 14.0. The highest BCUT2D eigenvalue weighted by molar-refractivity contribution is 6.04. The van der Waals surface area contributed by atoms with Crippen molar-refractivity contribution in [1.82, 2.24) is 4.98 Å². The number of aromatic nitrogens is 1. The van der Waals surface area contributed by atoms with E-state index in [-0.39, 0.29) is 0 Å². The van der Waals surface area contributed by atoms with Gasteiger partial charge in [-0.1, -0.05) is 57.5 Å². The zero-order valence-corrected chi connectivity index (χ0v) is 19.4. The fourth-order valence-electron chi connectivity index (χ4n) is 3.72. The van der Waals surface area contributed by atoms with Crippen molar-refractivity contribution in [2.45, 2.75) is 79.2 Å². The Bertz CT molecular complexity index is 770. The van der Waals surface area contributed by atoms with E-state index < -0.39 is 0 Å². The second-order valence-corrected chi connectivity index (χ2v) is 7.14. The lowest BCUT2D eigenvalue weighted by atomic mass is 9.83. The van der Waals surface area contributed by atoms with Crippen molar-refractivity contribution in [3.05, 3.63) is 52.8 Å². The minimum atomic E-state index is 0.344. The molecule has 0 saturated heterocycles. The smallest absolute Gasteiger partial charge is 0.127 e. The van der Waals surface area contributed by atoms with Gasteiger partial charge in [0.05, 0.1) is 0 Å². The summed E-state index contributed by atoms with van der Waals surface area (Å²) in [5, 5.41) is 0. The van der Waals surface area contributed by atoms with Crippen molar-refractivity contribution in [2.75, 3.05) is 7.05 Å². The molecular formula is C25H40N4. The molecule has 4 nitrogen and oxygen atoms in total. The lowest BCUT2D eigenvalue weighted by molar-refractivity contribution is 0.390. The van der Waals surface area contributed by atoms with Gasteiger partial charge >= 0.3 is 0 Å². The third-order valence-electron chi connectivity index (χ3n) is 5.27. The average Bonchev–Trinajstić information content (AvgIpc) is 2.76. The zero-order chi connectivity index (χ0) is 22.0. The van der Waals surface area contributed by atoms with E-state index in [0.29, 0.717) is 17.8 Å². The Balaban J connectivity index is 0.000000989. The maximum Gasteiger partial charge on any atom is 0.127 e. The standard InChI is InChI=1S/C21H28N4.2C2H6/c1-13-4-6-15(7-5-13)18-12-19(16-8-10-17(22)11-9-16)25-14(2)20(18)21(23)24-3;2*1-2/h4-7,12,16-17H,8-11,22H2,1-3H3,(H2,23,24);2*1-2H3. The normalized spacial score (nSPS) is 18.8. The number of hydrogen-bond donors (Lipinski definition) is 2. The predicted molar refractivity (Wildman–Crippen MR) is 128 cm³/mol. The molecule has 1 heterocycles. The van der Waals surface area contributed by atoms with Gasteiger partial charge in [0, 0.05) is 36.0 Å². The number of aliphatic imine (C=N–C) groups is 1. The largest absolute Gasteiger partial charge is 0.383 e. The van der Waals surface area contributed by atoms with E-state index in [1.807, 2.05) is 34.6 Å². The molecule has 0 radical (unpaired) electrons. The Kier molecular flexibility index (Phi) is 10.6. The van der Waals surface area contributed by atoms with E-state index in [1.54, 1.807) is 7.05 Å². The van der Waals surface area contributed by atoms with Crippen LogP contribution < -0.4 is 11.5 Å². The Hall–Kier alpha value is -2.20. The molecule has 0 bridgehead atoms. The van der Waals surface area contributed by atoms with Crippen LogP contribution in [0.4, 0.5) is 0 Å². The molecular weight excluding hydrogens is 356 g/mol. The molecule has 0 spiro atoms.